The number of nitrogens with zero attached hydrogens (tertiary/aromatic N) is 3. The summed E-state index contributed by atoms with van der Waals surface area (Å²) in [5, 5.41) is 4.24. The first-order valence-corrected chi connectivity index (χ1v) is 10.5. The summed E-state index contributed by atoms with van der Waals surface area (Å²) in [6.07, 6.45) is 3.68. The monoisotopic (exact) mass is 433 g/mol. The molecule has 3 heterocycles. The van der Waals surface area contributed by atoms with Crippen LogP contribution in [0.4, 0.5) is 4.39 Å². The third kappa shape index (κ3) is 3.66. The molecule has 4 aromatic rings. The molecule has 1 atom stereocenters. The van der Waals surface area contributed by atoms with Gasteiger partial charge in [-0.25, -0.2) is 4.39 Å². The molecule has 0 radical (unpaired) electrons. The highest BCUT2D eigenvalue weighted by Crippen LogP contribution is 2.29. The van der Waals surface area contributed by atoms with Gasteiger partial charge in [0, 0.05) is 12.0 Å². The zero-order chi connectivity index (χ0) is 21.5. The topological polar surface area (TPSA) is 73.6 Å². The van der Waals surface area contributed by atoms with E-state index in [1.54, 1.807) is 18.2 Å². The van der Waals surface area contributed by atoms with Gasteiger partial charge < -0.3 is 4.74 Å². The third-order valence-electron chi connectivity index (χ3n) is 5.05. The van der Waals surface area contributed by atoms with Crippen LogP contribution in [0, 0.1) is 5.82 Å². The van der Waals surface area contributed by atoms with Crippen molar-refractivity contribution in [1.29, 1.82) is 0 Å². The van der Waals surface area contributed by atoms with Gasteiger partial charge in [-0.15, -0.1) is 0 Å². The van der Waals surface area contributed by atoms with Gasteiger partial charge in [-0.1, -0.05) is 41.7 Å². The number of hydrogen-bond donors (Lipinski definition) is 0. The highest BCUT2D eigenvalue weighted by Gasteiger charge is 2.18. The molecule has 0 saturated heterocycles. The fourth-order valence-corrected chi connectivity index (χ4v) is 4.32. The Morgan fingerprint density at radius 3 is 2.74 bits per heavy atom. The molecule has 0 fully saturated rings. The van der Waals surface area contributed by atoms with Crippen LogP contribution in [0.1, 0.15) is 23.7 Å². The summed E-state index contributed by atoms with van der Waals surface area (Å²) in [7, 11) is 0. The maximum Gasteiger partial charge on any atom is 0.296 e. The number of aromatic nitrogens is 3. The maximum atomic E-state index is 13.1. The molecular weight excluding hydrogens is 417 g/mol. The summed E-state index contributed by atoms with van der Waals surface area (Å²) in [4.78, 5) is 29.6. The Balaban J connectivity index is 1.58. The Bertz CT molecular complexity index is 1510. The maximum absolute atomic E-state index is 13.1. The van der Waals surface area contributed by atoms with Gasteiger partial charge >= 0.3 is 0 Å². The predicted molar refractivity (Wildman–Crippen MR) is 117 cm³/mol. The molecule has 0 spiro atoms. The van der Waals surface area contributed by atoms with E-state index < -0.39 is 5.56 Å². The van der Waals surface area contributed by atoms with Crippen LogP contribution in [0.3, 0.4) is 0 Å². The first kappa shape index (κ1) is 19.3. The molecule has 2 aromatic carbocycles. The lowest BCUT2D eigenvalue weighted by Gasteiger charge is -2.22. The number of hydrogen-bond acceptors (Lipinski definition) is 6. The Morgan fingerprint density at radius 2 is 1.94 bits per heavy atom. The van der Waals surface area contributed by atoms with Crippen molar-refractivity contribution in [2.24, 2.45) is 0 Å². The van der Waals surface area contributed by atoms with Crippen molar-refractivity contribution >= 4 is 28.4 Å². The molecule has 0 aliphatic carbocycles. The molecule has 31 heavy (non-hydrogen) atoms. The SMILES string of the molecule is C[C@@H]1Oc2ccccc2C=C1/C=c1/sc2nc(=O)c(Cc3ccc(F)cc3)nn2c1=O. The van der Waals surface area contributed by atoms with Crippen molar-refractivity contribution in [3.63, 3.8) is 0 Å². The van der Waals surface area contributed by atoms with Crippen LogP contribution in [0.25, 0.3) is 17.1 Å². The van der Waals surface area contributed by atoms with Crippen LogP contribution >= 0.6 is 11.3 Å². The van der Waals surface area contributed by atoms with Gasteiger partial charge in [-0.2, -0.15) is 14.6 Å². The molecule has 0 bridgehead atoms. The molecule has 2 aromatic heterocycles. The zero-order valence-electron chi connectivity index (χ0n) is 16.4. The second-order valence-corrected chi connectivity index (χ2v) is 8.23. The van der Waals surface area contributed by atoms with Crippen LogP contribution in [0.5, 0.6) is 5.75 Å². The standard InChI is InChI=1S/C23H16FN3O3S/c1-13-16(11-15-4-2-3-5-19(15)30-13)12-20-22(29)27-23(31-20)25-21(28)18(26-27)10-14-6-8-17(24)9-7-14/h2-9,11-13H,10H2,1H3/b20-12+/t13-/m0/s1. The number of para-hydroxylation sites is 1. The lowest BCUT2D eigenvalue weighted by molar-refractivity contribution is 0.259. The normalized spacial score (nSPS) is 16.1. The van der Waals surface area contributed by atoms with E-state index in [9.17, 15) is 14.0 Å². The Labute approximate surface area is 179 Å². The van der Waals surface area contributed by atoms with Gasteiger partial charge in [0.25, 0.3) is 11.1 Å². The Morgan fingerprint density at radius 1 is 1.16 bits per heavy atom. The summed E-state index contributed by atoms with van der Waals surface area (Å²) < 4.78 is 20.6. The van der Waals surface area contributed by atoms with E-state index in [1.807, 2.05) is 37.3 Å². The van der Waals surface area contributed by atoms with Gasteiger partial charge in [-0.3, -0.25) is 9.59 Å². The first-order valence-electron chi connectivity index (χ1n) is 9.64. The number of fused-ring (bicyclic) bond motifs is 2. The average Bonchev–Trinajstić information content (AvgIpc) is 3.05. The fraction of sp³-hybridized carbons (Fsp3) is 0.130. The average molecular weight is 433 g/mol. The van der Waals surface area contributed by atoms with Gasteiger partial charge in [0.1, 0.15) is 23.4 Å². The smallest absolute Gasteiger partial charge is 0.296 e. The van der Waals surface area contributed by atoms with Crippen LogP contribution in [0.2, 0.25) is 0 Å². The zero-order valence-corrected chi connectivity index (χ0v) is 17.2. The lowest BCUT2D eigenvalue weighted by Crippen LogP contribution is -2.29. The second kappa shape index (κ2) is 7.55. The molecule has 0 amide bonds. The van der Waals surface area contributed by atoms with Gasteiger partial charge in [-0.05, 0) is 48.4 Å². The molecule has 1 aliphatic heterocycles. The Kier molecular flexibility index (Phi) is 4.71. The molecule has 0 N–H and O–H groups in total. The van der Waals surface area contributed by atoms with E-state index in [0.29, 0.717) is 10.1 Å². The molecule has 154 valence electrons. The highest BCUT2D eigenvalue weighted by atomic mass is 32.1. The number of rotatable bonds is 3. The van der Waals surface area contributed by atoms with Crippen molar-refractivity contribution in [2.75, 3.05) is 0 Å². The van der Waals surface area contributed by atoms with Crippen molar-refractivity contribution in [1.82, 2.24) is 14.6 Å². The summed E-state index contributed by atoms with van der Waals surface area (Å²) in [6, 6.07) is 13.5. The fourth-order valence-electron chi connectivity index (χ4n) is 3.42. The summed E-state index contributed by atoms with van der Waals surface area (Å²) in [5.41, 5.74) is 1.77. The quantitative estimate of drug-likeness (QED) is 0.497. The lowest BCUT2D eigenvalue weighted by atomic mass is 10.0. The summed E-state index contributed by atoms with van der Waals surface area (Å²) in [6.45, 7) is 1.91. The minimum absolute atomic E-state index is 0.132. The van der Waals surface area contributed by atoms with E-state index in [1.165, 1.54) is 12.1 Å². The highest BCUT2D eigenvalue weighted by molar-refractivity contribution is 7.15. The van der Waals surface area contributed by atoms with Crippen molar-refractivity contribution in [2.45, 2.75) is 19.4 Å². The first-order chi connectivity index (χ1) is 15.0. The number of ether oxygens (including phenoxy) is 1. The van der Waals surface area contributed by atoms with Crippen molar-refractivity contribution in [3.8, 4) is 5.75 Å². The van der Waals surface area contributed by atoms with E-state index >= 15 is 0 Å². The molecular formula is C23H16FN3O3S. The van der Waals surface area contributed by atoms with E-state index in [2.05, 4.69) is 10.1 Å². The predicted octanol–water partition coefficient (Wildman–Crippen LogP) is 2.61. The van der Waals surface area contributed by atoms with E-state index in [4.69, 9.17) is 4.74 Å². The van der Waals surface area contributed by atoms with Gasteiger partial charge in [0.2, 0.25) is 4.96 Å². The van der Waals surface area contributed by atoms with Crippen molar-refractivity contribution in [3.05, 3.63) is 102 Å². The largest absolute Gasteiger partial charge is 0.485 e. The second-order valence-electron chi connectivity index (χ2n) is 7.22. The van der Waals surface area contributed by atoms with Crippen molar-refractivity contribution < 1.29 is 9.13 Å². The van der Waals surface area contributed by atoms with Gasteiger partial charge in [0.15, 0.2) is 0 Å². The molecule has 5 rings (SSSR count). The molecule has 6 nitrogen and oxygen atoms in total. The minimum Gasteiger partial charge on any atom is -0.485 e. The number of thiazole rings is 1. The summed E-state index contributed by atoms with van der Waals surface area (Å²) >= 11 is 1.11. The molecule has 8 heteroatoms. The minimum atomic E-state index is -0.500. The summed E-state index contributed by atoms with van der Waals surface area (Å²) in [5.74, 6) is 0.435. The molecule has 0 saturated carbocycles. The van der Waals surface area contributed by atoms with Crippen LogP contribution in [-0.2, 0) is 6.42 Å². The third-order valence-corrected chi connectivity index (χ3v) is 6.01. The van der Waals surface area contributed by atoms with E-state index in [-0.39, 0.29) is 34.6 Å². The number of benzene rings is 2. The molecule has 1 aliphatic rings. The van der Waals surface area contributed by atoms with Crippen LogP contribution in [-0.4, -0.2) is 20.7 Å². The van der Waals surface area contributed by atoms with E-state index in [0.717, 1.165) is 32.7 Å². The molecule has 0 unspecified atom stereocenters. The van der Waals surface area contributed by atoms with Crippen LogP contribution in [0.15, 0.2) is 63.7 Å². The Hall–Kier alpha value is -3.65. The number of halogens is 1. The van der Waals surface area contributed by atoms with Gasteiger partial charge in [0.05, 0.1) is 4.53 Å². The van der Waals surface area contributed by atoms with Crippen LogP contribution < -0.4 is 20.4 Å².